The molecule has 0 amide bonds. The van der Waals surface area contributed by atoms with Crippen molar-refractivity contribution >= 4 is 39.3 Å². The quantitative estimate of drug-likeness (QED) is 0.652. The molecule has 102 valence electrons. The van der Waals surface area contributed by atoms with Crippen molar-refractivity contribution in [1.29, 1.82) is 0 Å². The normalized spacial score (nSPS) is 11.0. The second kappa shape index (κ2) is 6.16. The van der Waals surface area contributed by atoms with Gasteiger partial charge in [-0.15, -0.1) is 11.3 Å². The Morgan fingerprint density at radius 2 is 2.37 bits per heavy atom. The van der Waals surface area contributed by atoms with Crippen molar-refractivity contribution in [2.24, 2.45) is 0 Å². The fourth-order valence-corrected chi connectivity index (χ4v) is 3.13. The molecule has 0 fully saturated rings. The summed E-state index contributed by atoms with van der Waals surface area (Å²) in [6.45, 7) is -0.326. The highest BCUT2D eigenvalue weighted by Gasteiger charge is 2.13. The minimum absolute atomic E-state index is 0.182. The van der Waals surface area contributed by atoms with Gasteiger partial charge in [0.25, 0.3) is 5.56 Å². The van der Waals surface area contributed by atoms with Crippen LogP contribution in [0.3, 0.4) is 0 Å². The molecule has 19 heavy (non-hydrogen) atoms. The van der Waals surface area contributed by atoms with E-state index in [0.29, 0.717) is 15.4 Å². The number of hydrogen-bond acceptors (Lipinski definition) is 5. The van der Waals surface area contributed by atoms with Gasteiger partial charge >= 0.3 is 5.97 Å². The maximum atomic E-state index is 12.3. The number of hydrogen-bond donors (Lipinski definition) is 1. The first-order valence-corrected chi connectivity index (χ1v) is 7.38. The summed E-state index contributed by atoms with van der Waals surface area (Å²) >= 11 is 2.30. The number of aliphatic carboxylic acids is 1. The molecule has 0 saturated heterocycles. The number of fused-ring (bicyclic) bond motifs is 1. The van der Waals surface area contributed by atoms with Crippen LogP contribution >= 0.6 is 23.1 Å². The number of thioether (sulfide) groups is 1. The highest BCUT2D eigenvalue weighted by Crippen LogP contribution is 2.21. The maximum absolute atomic E-state index is 12.3. The van der Waals surface area contributed by atoms with Crippen molar-refractivity contribution in [1.82, 2.24) is 9.55 Å². The van der Waals surface area contributed by atoms with Crippen molar-refractivity contribution in [3.05, 3.63) is 21.8 Å². The lowest BCUT2D eigenvalue weighted by molar-refractivity contribution is -0.133. The number of thiophene rings is 1. The first-order valence-electron chi connectivity index (χ1n) is 5.52. The van der Waals surface area contributed by atoms with Gasteiger partial charge in [-0.05, 0) is 17.9 Å². The molecule has 0 spiro atoms. The first kappa shape index (κ1) is 14.0. The molecule has 0 aromatic carbocycles. The van der Waals surface area contributed by atoms with Crippen molar-refractivity contribution in [3.8, 4) is 0 Å². The molecule has 8 heteroatoms. The van der Waals surface area contributed by atoms with Crippen LogP contribution in [-0.2, 0) is 11.3 Å². The Bertz CT molecular complexity index is 653. The number of carbonyl (C=O) groups is 1. The zero-order chi connectivity index (χ0) is 13.8. The predicted octanol–water partition coefficient (Wildman–Crippen LogP) is 1.99. The summed E-state index contributed by atoms with van der Waals surface area (Å²) in [5.74, 6) is -1.17. The minimum Gasteiger partial charge on any atom is -0.481 e. The molecule has 2 rings (SSSR count). The predicted molar refractivity (Wildman–Crippen MR) is 72.8 cm³/mol. The van der Waals surface area contributed by atoms with E-state index in [1.54, 1.807) is 11.4 Å². The molecular formula is C11H11FN2O3S2. The molecule has 0 bridgehead atoms. The second-order valence-corrected chi connectivity index (χ2v) is 5.55. The number of halogens is 1. The lowest BCUT2D eigenvalue weighted by Crippen LogP contribution is -2.23. The average Bonchev–Trinajstić information content (AvgIpc) is 2.84. The van der Waals surface area contributed by atoms with Crippen molar-refractivity contribution < 1.29 is 14.3 Å². The van der Waals surface area contributed by atoms with Crippen molar-refractivity contribution in [2.75, 3.05) is 12.4 Å². The Balaban J connectivity index is 2.45. The van der Waals surface area contributed by atoms with E-state index in [0.717, 1.165) is 11.8 Å². The van der Waals surface area contributed by atoms with Gasteiger partial charge in [-0.2, -0.15) is 0 Å². The van der Waals surface area contributed by atoms with Gasteiger partial charge in [-0.1, -0.05) is 11.8 Å². The Morgan fingerprint density at radius 3 is 3.05 bits per heavy atom. The Kier molecular flexibility index (Phi) is 4.54. The van der Waals surface area contributed by atoms with E-state index in [-0.39, 0.29) is 24.3 Å². The molecule has 1 N–H and O–H groups in total. The number of rotatable bonds is 6. The lowest BCUT2D eigenvalue weighted by atomic mass is 10.4. The van der Waals surface area contributed by atoms with Gasteiger partial charge in [0.05, 0.1) is 17.8 Å². The Hall–Kier alpha value is -1.41. The van der Waals surface area contributed by atoms with Crippen LogP contribution in [0.1, 0.15) is 6.42 Å². The Labute approximate surface area is 116 Å². The van der Waals surface area contributed by atoms with E-state index in [1.165, 1.54) is 15.9 Å². The summed E-state index contributed by atoms with van der Waals surface area (Å²) in [6.07, 6.45) is 0.206. The highest BCUT2D eigenvalue weighted by molar-refractivity contribution is 7.99. The smallest absolute Gasteiger partial charge is 0.313 e. The molecular weight excluding hydrogens is 291 g/mol. The molecule has 2 heterocycles. The largest absolute Gasteiger partial charge is 0.481 e. The van der Waals surface area contributed by atoms with Crippen LogP contribution in [0.4, 0.5) is 4.39 Å². The van der Waals surface area contributed by atoms with E-state index in [9.17, 15) is 14.0 Å². The SMILES string of the molecule is O=C(O)CSc1nc2sccc2c(=O)n1CCCF. The highest BCUT2D eigenvalue weighted by atomic mass is 32.2. The van der Waals surface area contributed by atoms with Gasteiger partial charge in [0, 0.05) is 6.54 Å². The summed E-state index contributed by atoms with van der Waals surface area (Å²) in [5, 5.41) is 11.3. The van der Waals surface area contributed by atoms with Gasteiger partial charge in [-0.25, -0.2) is 4.98 Å². The summed E-state index contributed by atoms with van der Waals surface area (Å²) in [6, 6.07) is 1.67. The number of alkyl halides is 1. The van der Waals surface area contributed by atoms with Crippen LogP contribution < -0.4 is 5.56 Å². The third kappa shape index (κ3) is 3.13. The maximum Gasteiger partial charge on any atom is 0.313 e. The van der Waals surface area contributed by atoms with Gasteiger partial charge in [0.15, 0.2) is 5.16 Å². The fourth-order valence-electron chi connectivity index (χ4n) is 1.58. The third-order valence-electron chi connectivity index (χ3n) is 2.39. The number of carboxylic acid groups (broad SMARTS) is 1. The topological polar surface area (TPSA) is 72.2 Å². The molecule has 0 radical (unpaired) electrons. The van der Waals surface area contributed by atoms with E-state index in [1.807, 2.05) is 0 Å². The first-order chi connectivity index (χ1) is 9.13. The molecule has 0 saturated carbocycles. The molecule has 0 aliphatic heterocycles. The minimum atomic E-state index is -0.984. The Morgan fingerprint density at radius 1 is 1.58 bits per heavy atom. The summed E-state index contributed by atoms with van der Waals surface area (Å²) in [5.41, 5.74) is -0.243. The van der Waals surface area contributed by atoms with Crippen LogP contribution in [0.15, 0.2) is 21.4 Å². The summed E-state index contributed by atoms with van der Waals surface area (Å²) < 4.78 is 13.6. The van der Waals surface area contributed by atoms with Crippen LogP contribution in [0.2, 0.25) is 0 Å². The van der Waals surface area contributed by atoms with Crippen LogP contribution in [0.5, 0.6) is 0 Å². The second-order valence-electron chi connectivity index (χ2n) is 3.72. The number of carboxylic acids is 1. The molecule has 0 unspecified atom stereocenters. The molecule has 0 aliphatic carbocycles. The van der Waals surface area contributed by atoms with Gasteiger partial charge in [0.2, 0.25) is 0 Å². The molecule has 0 aliphatic rings. The van der Waals surface area contributed by atoms with E-state index in [4.69, 9.17) is 5.11 Å². The van der Waals surface area contributed by atoms with Gasteiger partial charge in [-0.3, -0.25) is 18.5 Å². The third-order valence-corrected chi connectivity index (χ3v) is 4.16. The van der Waals surface area contributed by atoms with Crippen LogP contribution in [0.25, 0.3) is 10.2 Å². The fraction of sp³-hybridized carbons (Fsp3) is 0.364. The lowest BCUT2D eigenvalue weighted by Gasteiger charge is -2.10. The summed E-state index contributed by atoms with van der Waals surface area (Å²) in [4.78, 5) is 27.7. The van der Waals surface area contributed by atoms with Crippen LogP contribution in [-0.4, -0.2) is 33.1 Å². The molecule has 0 atom stereocenters. The standard InChI is InChI=1S/C11H11FN2O3S2/c12-3-1-4-14-10(17)7-2-5-18-9(7)13-11(14)19-6-8(15)16/h2,5H,1,3-4,6H2,(H,15,16). The average molecular weight is 302 g/mol. The molecule has 5 nitrogen and oxygen atoms in total. The number of nitrogens with zero attached hydrogens (tertiary/aromatic N) is 2. The van der Waals surface area contributed by atoms with E-state index >= 15 is 0 Å². The van der Waals surface area contributed by atoms with Crippen LogP contribution in [0, 0.1) is 0 Å². The zero-order valence-electron chi connectivity index (χ0n) is 9.84. The van der Waals surface area contributed by atoms with Gasteiger partial charge in [0.1, 0.15) is 4.83 Å². The monoisotopic (exact) mass is 302 g/mol. The van der Waals surface area contributed by atoms with Crippen molar-refractivity contribution in [3.63, 3.8) is 0 Å². The van der Waals surface area contributed by atoms with E-state index < -0.39 is 12.6 Å². The number of aromatic nitrogens is 2. The molecule has 2 aromatic heterocycles. The van der Waals surface area contributed by atoms with Crippen molar-refractivity contribution in [2.45, 2.75) is 18.1 Å². The van der Waals surface area contributed by atoms with E-state index in [2.05, 4.69) is 4.98 Å². The van der Waals surface area contributed by atoms with Gasteiger partial charge < -0.3 is 5.11 Å². The molecule has 2 aromatic rings. The zero-order valence-corrected chi connectivity index (χ0v) is 11.5. The summed E-state index contributed by atoms with van der Waals surface area (Å²) in [7, 11) is 0.